The fraction of sp³-hybridized carbons (Fsp3) is 0.778. The van der Waals surface area contributed by atoms with Gasteiger partial charge < -0.3 is 36.2 Å². The second-order valence-electron chi connectivity index (χ2n) is 7.75. The predicted octanol–water partition coefficient (Wildman–Crippen LogP) is -3.06. The third kappa shape index (κ3) is 8.38. The smallest absolute Gasteiger partial charge is 0.278 e. The van der Waals surface area contributed by atoms with E-state index in [-0.39, 0.29) is 23.8 Å². The Kier molecular flexibility index (Phi) is 9.20. The van der Waals surface area contributed by atoms with Crippen LogP contribution in [0.25, 0.3) is 0 Å². The van der Waals surface area contributed by atoms with E-state index in [0.717, 1.165) is 19.3 Å². The SMILES string of the molecule is CC(C)C[C@@H]([NH3+])C(=O)NCC1CCC(C(=O)N[C@@H](CC(=O)[O-])C(=O)[O-])CC1. The Labute approximate surface area is 159 Å². The minimum absolute atomic E-state index is 0.0670. The molecule has 0 aromatic heterocycles. The van der Waals surface area contributed by atoms with E-state index in [9.17, 15) is 29.4 Å². The molecule has 2 amide bonds. The number of carbonyl (C=O) groups excluding carboxylic acids is 4. The van der Waals surface area contributed by atoms with Gasteiger partial charge in [-0.05, 0) is 37.5 Å². The van der Waals surface area contributed by atoms with Gasteiger partial charge in [-0.2, -0.15) is 0 Å². The lowest BCUT2D eigenvalue weighted by molar-refractivity contribution is -0.406. The topological polar surface area (TPSA) is 166 Å². The van der Waals surface area contributed by atoms with E-state index in [0.29, 0.717) is 25.3 Å². The van der Waals surface area contributed by atoms with E-state index < -0.39 is 30.3 Å². The molecule has 9 heteroatoms. The Morgan fingerprint density at radius 2 is 1.67 bits per heavy atom. The van der Waals surface area contributed by atoms with Gasteiger partial charge in [0.05, 0.1) is 12.0 Å². The number of carboxylic acids is 2. The summed E-state index contributed by atoms with van der Waals surface area (Å²) in [5.74, 6) is -3.48. The standard InChI is InChI=1S/C18H31N3O6/c1-10(2)7-13(19)17(25)20-9-11-3-5-12(6-4-11)16(24)21-14(18(26)27)8-15(22)23/h10-14H,3-9,19H2,1-2H3,(H,20,25)(H,21,24)(H,22,23)(H,26,27)/p-1/t11?,12?,13-,14+/m1/s1. The van der Waals surface area contributed by atoms with Gasteiger partial charge >= 0.3 is 0 Å². The summed E-state index contributed by atoms with van der Waals surface area (Å²) >= 11 is 0. The van der Waals surface area contributed by atoms with E-state index in [4.69, 9.17) is 0 Å². The molecule has 0 aliphatic heterocycles. The molecule has 9 nitrogen and oxygen atoms in total. The molecule has 0 unspecified atom stereocenters. The third-order valence-corrected chi connectivity index (χ3v) is 4.88. The van der Waals surface area contributed by atoms with Crippen LogP contribution in [0.15, 0.2) is 0 Å². The van der Waals surface area contributed by atoms with Gasteiger partial charge in [0.2, 0.25) is 5.91 Å². The molecule has 0 aromatic carbocycles. The number of hydrogen-bond donors (Lipinski definition) is 3. The van der Waals surface area contributed by atoms with Crippen LogP contribution < -0.4 is 26.6 Å². The zero-order valence-corrected chi connectivity index (χ0v) is 16.0. The fourth-order valence-corrected chi connectivity index (χ4v) is 3.34. The molecule has 0 spiro atoms. The lowest BCUT2D eigenvalue weighted by Crippen LogP contribution is -2.68. The van der Waals surface area contributed by atoms with Crippen molar-refractivity contribution in [3.05, 3.63) is 0 Å². The van der Waals surface area contributed by atoms with Gasteiger partial charge in [0, 0.05) is 31.3 Å². The van der Waals surface area contributed by atoms with Crippen molar-refractivity contribution in [2.75, 3.05) is 6.54 Å². The Bertz CT molecular complexity index is 543. The van der Waals surface area contributed by atoms with Gasteiger partial charge in [-0.15, -0.1) is 0 Å². The van der Waals surface area contributed by atoms with Crippen molar-refractivity contribution in [3.8, 4) is 0 Å². The van der Waals surface area contributed by atoms with Crippen LogP contribution >= 0.6 is 0 Å². The first kappa shape index (κ1) is 22.9. The van der Waals surface area contributed by atoms with Crippen LogP contribution in [-0.2, 0) is 19.2 Å². The van der Waals surface area contributed by atoms with E-state index in [1.54, 1.807) is 0 Å². The van der Waals surface area contributed by atoms with Crippen molar-refractivity contribution in [1.29, 1.82) is 0 Å². The predicted molar refractivity (Wildman–Crippen MR) is 91.2 cm³/mol. The van der Waals surface area contributed by atoms with E-state index in [1.165, 1.54) is 0 Å². The van der Waals surface area contributed by atoms with Crippen molar-refractivity contribution >= 4 is 23.8 Å². The largest absolute Gasteiger partial charge is 0.550 e. The van der Waals surface area contributed by atoms with E-state index in [2.05, 4.69) is 16.4 Å². The number of carbonyl (C=O) groups is 4. The highest BCUT2D eigenvalue weighted by atomic mass is 16.4. The second kappa shape index (κ2) is 10.9. The quantitative estimate of drug-likeness (QED) is 0.361. The molecule has 0 saturated heterocycles. The Morgan fingerprint density at radius 3 is 2.15 bits per heavy atom. The normalized spacial score (nSPS) is 21.9. The number of amides is 2. The highest BCUT2D eigenvalue weighted by Crippen LogP contribution is 2.28. The maximum atomic E-state index is 12.2. The summed E-state index contributed by atoms with van der Waals surface area (Å²) in [6.07, 6.45) is 2.46. The van der Waals surface area contributed by atoms with Crippen molar-refractivity contribution in [1.82, 2.24) is 10.6 Å². The summed E-state index contributed by atoms with van der Waals surface area (Å²) in [5.41, 5.74) is 3.88. The Balaban J connectivity index is 2.38. The van der Waals surface area contributed by atoms with Crippen LogP contribution in [-0.4, -0.2) is 42.4 Å². The summed E-state index contributed by atoms with van der Waals surface area (Å²) in [6.45, 7) is 4.61. The van der Waals surface area contributed by atoms with Crippen LogP contribution in [0.3, 0.4) is 0 Å². The van der Waals surface area contributed by atoms with Crippen LogP contribution in [0.4, 0.5) is 0 Å². The zero-order valence-electron chi connectivity index (χ0n) is 16.0. The first-order valence-electron chi connectivity index (χ1n) is 9.42. The van der Waals surface area contributed by atoms with Gasteiger partial charge in [-0.1, -0.05) is 13.8 Å². The van der Waals surface area contributed by atoms with Crippen molar-refractivity contribution in [3.63, 3.8) is 0 Å². The number of carboxylic acid groups (broad SMARTS) is 2. The highest BCUT2D eigenvalue weighted by molar-refractivity contribution is 5.86. The average molecular weight is 384 g/mol. The number of nitrogens with one attached hydrogen (secondary N) is 2. The summed E-state index contributed by atoms with van der Waals surface area (Å²) < 4.78 is 0. The number of rotatable bonds is 10. The van der Waals surface area contributed by atoms with E-state index >= 15 is 0 Å². The molecule has 5 N–H and O–H groups in total. The van der Waals surface area contributed by atoms with Crippen molar-refractivity contribution < 1.29 is 35.1 Å². The molecule has 1 fully saturated rings. The minimum Gasteiger partial charge on any atom is -0.550 e. The third-order valence-electron chi connectivity index (χ3n) is 4.88. The lowest BCUT2D eigenvalue weighted by Gasteiger charge is -2.30. The molecule has 0 bridgehead atoms. The number of hydrogen-bond acceptors (Lipinski definition) is 6. The fourth-order valence-electron chi connectivity index (χ4n) is 3.34. The van der Waals surface area contributed by atoms with Crippen molar-refractivity contribution in [2.45, 2.75) is 64.5 Å². The molecule has 1 saturated carbocycles. The molecule has 2 atom stereocenters. The minimum atomic E-state index is -1.65. The summed E-state index contributed by atoms with van der Waals surface area (Å²) in [6, 6.07) is -1.87. The second-order valence-corrected chi connectivity index (χ2v) is 7.75. The van der Waals surface area contributed by atoms with Crippen LogP contribution in [0.2, 0.25) is 0 Å². The van der Waals surface area contributed by atoms with Crippen molar-refractivity contribution in [2.24, 2.45) is 17.8 Å². The summed E-state index contributed by atoms with van der Waals surface area (Å²) in [7, 11) is 0. The summed E-state index contributed by atoms with van der Waals surface area (Å²) in [4.78, 5) is 45.7. The molecule has 0 heterocycles. The maximum Gasteiger partial charge on any atom is 0.278 e. The molecular weight excluding hydrogens is 354 g/mol. The zero-order chi connectivity index (χ0) is 20.6. The molecule has 0 radical (unpaired) electrons. The number of quaternary nitrogens is 1. The molecule has 154 valence electrons. The maximum absolute atomic E-state index is 12.2. The highest BCUT2D eigenvalue weighted by Gasteiger charge is 2.28. The molecular formula is C18H30N3O6-. The Hall–Kier alpha value is -2.16. The van der Waals surface area contributed by atoms with Crippen LogP contribution in [0.5, 0.6) is 0 Å². The van der Waals surface area contributed by atoms with E-state index in [1.807, 2.05) is 13.8 Å². The number of aliphatic carboxylic acids is 2. The lowest BCUT2D eigenvalue weighted by atomic mass is 9.81. The van der Waals surface area contributed by atoms with Gasteiger partial charge in [-0.3, -0.25) is 9.59 Å². The average Bonchev–Trinajstić information content (AvgIpc) is 2.58. The monoisotopic (exact) mass is 384 g/mol. The van der Waals surface area contributed by atoms with Gasteiger partial charge in [-0.25, -0.2) is 0 Å². The van der Waals surface area contributed by atoms with Gasteiger partial charge in [0.15, 0.2) is 6.04 Å². The van der Waals surface area contributed by atoms with Crippen LogP contribution in [0.1, 0.15) is 52.4 Å². The van der Waals surface area contributed by atoms with Gasteiger partial charge in [0.25, 0.3) is 5.91 Å². The summed E-state index contributed by atoms with van der Waals surface area (Å²) in [5, 5.41) is 26.6. The molecule has 1 rings (SSSR count). The molecule has 27 heavy (non-hydrogen) atoms. The molecule has 1 aliphatic carbocycles. The van der Waals surface area contributed by atoms with Crippen LogP contribution in [0, 0.1) is 17.8 Å². The van der Waals surface area contributed by atoms with Gasteiger partial charge in [0.1, 0.15) is 0 Å². The Morgan fingerprint density at radius 1 is 1.07 bits per heavy atom. The molecule has 0 aromatic rings. The first-order chi connectivity index (χ1) is 12.6. The first-order valence-corrected chi connectivity index (χ1v) is 9.42. The molecule has 1 aliphatic rings.